The number of rotatable bonds is 8. The van der Waals surface area contributed by atoms with E-state index >= 15 is 0 Å². The minimum atomic E-state index is -0.219. The molecular weight excluding hydrogens is 350 g/mol. The van der Waals surface area contributed by atoms with Gasteiger partial charge in [0.15, 0.2) is 18.1 Å². The summed E-state index contributed by atoms with van der Waals surface area (Å²) in [5.74, 6) is 0.960. The second-order valence-corrected chi connectivity index (χ2v) is 6.16. The number of hydrogen-bond donors (Lipinski definition) is 1. The fourth-order valence-electron chi connectivity index (χ4n) is 2.22. The van der Waals surface area contributed by atoms with Crippen molar-refractivity contribution in [3.8, 4) is 22.2 Å². The number of carbonyl (C=O) groups is 1. The average molecular weight is 369 g/mol. The summed E-state index contributed by atoms with van der Waals surface area (Å²) in [6.45, 7) is 2.70. The van der Waals surface area contributed by atoms with Gasteiger partial charge < -0.3 is 14.8 Å². The third kappa shape index (κ3) is 4.80. The van der Waals surface area contributed by atoms with E-state index in [1.54, 1.807) is 12.3 Å². The van der Waals surface area contributed by atoms with Crippen LogP contribution in [0.2, 0.25) is 0 Å². The van der Waals surface area contributed by atoms with Crippen LogP contribution in [0.3, 0.4) is 0 Å². The Morgan fingerprint density at radius 2 is 1.88 bits per heavy atom. The second-order valence-electron chi connectivity index (χ2n) is 5.30. The lowest BCUT2D eigenvalue weighted by Gasteiger charge is -2.11. The third-order valence-electron chi connectivity index (χ3n) is 3.41. The summed E-state index contributed by atoms with van der Waals surface area (Å²) in [4.78, 5) is 20.8. The fraction of sp³-hybridized carbons (Fsp3) is 0.211. The molecule has 2 heterocycles. The molecule has 26 heavy (non-hydrogen) atoms. The van der Waals surface area contributed by atoms with Crippen molar-refractivity contribution in [1.82, 2.24) is 15.3 Å². The molecule has 6 nitrogen and oxygen atoms in total. The minimum absolute atomic E-state index is 0.0820. The topological polar surface area (TPSA) is 73.3 Å². The van der Waals surface area contributed by atoms with Crippen LogP contribution >= 0.6 is 11.3 Å². The van der Waals surface area contributed by atoms with Gasteiger partial charge in [-0.3, -0.25) is 9.78 Å². The molecule has 7 heteroatoms. The van der Waals surface area contributed by atoms with Crippen LogP contribution in [0.1, 0.15) is 12.6 Å². The molecular formula is C19H19N3O3S. The number of nitrogens with zero attached hydrogens (tertiary/aromatic N) is 2. The van der Waals surface area contributed by atoms with E-state index in [1.807, 2.05) is 48.7 Å². The smallest absolute Gasteiger partial charge is 0.258 e. The van der Waals surface area contributed by atoms with Gasteiger partial charge in [0.2, 0.25) is 0 Å². The highest BCUT2D eigenvalue weighted by atomic mass is 32.1. The van der Waals surface area contributed by atoms with E-state index < -0.39 is 0 Å². The summed E-state index contributed by atoms with van der Waals surface area (Å²) in [6.07, 6.45) is 1.73. The normalized spacial score (nSPS) is 10.3. The Balaban J connectivity index is 1.50. The highest BCUT2D eigenvalue weighted by Crippen LogP contribution is 2.26. The van der Waals surface area contributed by atoms with Crippen LogP contribution in [0.15, 0.2) is 54.0 Å². The summed E-state index contributed by atoms with van der Waals surface area (Å²) in [7, 11) is 0. The van der Waals surface area contributed by atoms with Gasteiger partial charge in [0, 0.05) is 11.6 Å². The van der Waals surface area contributed by atoms with Crippen molar-refractivity contribution in [3.63, 3.8) is 0 Å². The zero-order valence-corrected chi connectivity index (χ0v) is 15.2. The highest BCUT2D eigenvalue weighted by Gasteiger charge is 2.09. The largest absolute Gasteiger partial charge is 0.490 e. The van der Waals surface area contributed by atoms with Gasteiger partial charge in [0.1, 0.15) is 5.01 Å². The van der Waals surface area contributed by atoms with Crippen LogP contribution in [-0.2, 0) is 11.3 Å². The molecule has 2 aromatic heterocycles. The summed E-state index contributed by atoms with van der Waals surface area (Å²) in [5.41, 5.74) is 1.62. The van der Waals surface area contributed by atoms with Gasteiger partial charge in [-0.25, -0.2) is 4.98 Å². The van der Waals surface area contributed by atoms with Gasteiger partial charge in [-0.2, -0.15) is 0 Å². The summed E-state index contributed by atoms with van der Waals surface area (Å²) < 4.78 is 11.0. The molecule has 0 saturated heterocycles. The van der Waals surface area contributed by atoms with Crippen LogP contribution in [-0.4, -0.2) is 29.1 Å². The van der Waals surface area contributed by atoms with Crippen molar-refractivity contribution >= 4 is 17.2 Å². The lowest BCUT2D eigenvalue weighted by Crippen LogP contribution is -2.28. The average Bonchev–Trinajstić information content (AvgIpc) is 3.16. The number of hydrogen-bond acceptors (Lipinski definition) is 6. The van der Waals surface area contributed by atoms with E-state index in [0.717, 1.165) is 16.4 Å². The number of carbonyl (C=O) groups excluding carboxylic acids is 1. The van der Waals surface area contributed by atoms with Crippen LogP contribution in [0.25, 0.3) is 10.7 Å². The molecule has 1 N–H and O–H groups in total. The van der Waals surface area contributed by atoms with Crippen molar-refractivity contribution in [2.75, 3.05) is 13.2 Å². The van der Waals surface area contributed by atoms with E-state index in [4.69, 9.17) is 9.47 Å². The lowest BCUT2D eigenvalue weighted by atomic mass is 10.3. The first-order valence-corrected chi connectivity index (χ1v) is 9.11. The maximum absolute atomic E-state index is 12.0. The minimum Gasteiger partial charge on any atom is -0.490 e. The summed E-state index contributed by atoms with van der Waals surface area (Å²) in [5, 5.41) is 5.55. The van der Waals surface area contributed by atoms with Crippen molar-refractivity contribution in [3.05, 3.63) is 59.7 Å². The first kappa shape index (κ1) is 17.9. The molecule has 134 valence electrons. The Bertz CT molecular complexity index is 852. The van der Waals surface area contributed by atoms with Crippen LogP contribution in [0.5, 0.6) is 11.5 Å². The van der Waals surface area contributed by atoms with Gasteiger partial charge in [-0.05, 0) is 31.2 Å². The molecule has 3 aromatic rings. The molecule has 0 radical (unpaired) electrons. The molecule has 0 aliphatic carbocycles. The van der Waals surface area contributed by atoms with Crippen molar-refractivity contribution in [1.29, 1.82) is 0 Å². The Morgan fingerprint density at radius 1 is 1.12 bits per heavy atom. The van der Waals surface area contributed by atoms with Crippen molar-refractivity contribution in [2.24, 2.45) is 0 Å². The van der Waals surface area contributed by atoms with E-state index in [2.05, 4.69) is 15.3 Å². The van der Waals surface area contributed by atoms with Crippen molar-refractivity contribution in [2.45, 2.75) is 13.5 Å². The number of thiazole rings is 1. The third-order valence-corrected chi connectivity index (χ3v) is 4.32. The number of nitrogens with one attached hydrogen (secondary N) is 1. The fourth-order valence-corrected chi connectivity index (χ4v) is 3.02. The summed E-state index contributed by atoms with van der Waals surface area (Å²) in [6, 6.07) is 13.0. The molecule has 0 fully saturated rings. The SMILES string of the molecule is CCOc1ccccc1OCC(=O)NCc1csc(-c2ccccn2)n1. The van der Waals surface area contributed by atoms with Gasteiger partial charge in [-0.15, -0.1) is 11.3 Å². The first-order chi connectivity index (χ1) is 12.8. The Kier molecular flexibility index (Phi) is 6.16. The predicted octanol–water partition coefficient (Wildman–Crippen LogP) is 3.30. The van der Waals surface area contributed by atoms with Gasteiger partial charge in [-0.1, -0.05) is 18.2 Å². The maximum Gasteiger partial charge on any atom is 0.258 e. The molecule has 0 saturated carbocycles. The molecule has 0 unspecified atom stereocenters. The number of para-hydroxylation sites is 2. The molecule has 0 aliphatic heterocycles. The van der Waals surface area contributed by atoms with Gasteiger partial charge in [0.05, 0.1) is 24.5 Å². The standard InChI is InChI=1S/C19H19N3O3S/c1-2-24-16-8-3-4-9-17(16)25-12-18(23)21-11-14-13-26-19(22-14)15-7-5-6-10-20-15/h3-10,13H,2,11-12H2,1H3,(H,21,23). The zero-order valence-electron chi connectivity index (χ0n) is 14.3. The highest BCUT2D eigenvalue weighted by molar-refractivity contribution is 7.13. The van der Waals surface area contributed by atoms with E-state index in [0.29, 0.717) is 24.7 Å². The number of aromatic nitrogens is 2. The molecule has 0 bridgehead atoms. The first-order valence-electron chi connectivity index (χ1n) is 8.23. The molecule has 1 aromatic carbocycles. The van der Waals surface area contributed by atoms with Gasteiger partial charge in [0.25, 0.3) is 5.91 Å². The predicted molar refractivity (Wildman–Crippen MR) is 100 cm³/mol. The maximum atomic E-state index is 12.0. The van der Waals surface area contributed by atoms with Crippen LogP contribution in [0.4, 0.5) is 0 Å². The molecule has 0 aliphatic rings. The lowest BCUT2D eigenvalue weighted by molar-refractivity contribution is -0.123. The number of ether oxygens (including phenoxy) is 2. The Hall–Kier alpha value is -2.93. The van der Waals surface area contributed by atoms with E-state index in [-0.39, 0.29) is 12.5 Å². The summed E-state index contributed by atoms with van der Waals surface area (Å²) >= 11 is 1.50. The molecule has 3 rings (SSSR count). The van der Waals surface area contributed by atoms with Crippen LogP contribution in [0, 0.1) is 0 Å². The zero-order chi connectivity index (χ0) is 18.2. The van der Waals surface area contributed by atoms with Gasteiger partial charge >= 0.3 is 0 Å². The number of pyridine rings is 1. The second kappa shape index (κ2) is 8.96. The quantitative estimate of drug-likeness (QED) is 0.659. The number of amides is 1. The Labute approximate surface area is 155 Å². The molecule has 0 spiro atoms. The van der Waals surface area contributed by atoms with E-state index in [9.17, 15) is 4.79 Å². The van der Waals surface area contributed by atoms with E-state index in [1.165, 1.54) is 11.3 Å². The monoisotopic (exact) mass is 369 g/mol. The molecule has 1 amide bonds. The Morgan fingerprint density at radius 3 is 2.62 bits per heavy atom. The number of benzene rings is 1. The van der Waals surface area contributed by atoms with Crippen LogP contribution < -0.4 is 14.8 Å². The molecule has 0 atom stereocenters. The van der Waals surface area contributed by atoms with Crippen molar-refractivity contribution < 1.29 is 14.3 Å².